The van der Waals surface area contributed by atoms with Crippen LogP contribution in [0.25, 0.3) is 0 Å². The van der Waals surface area contributed by atoms with Gasteiger partial charge in [-0.05, 0) is 47.4 Å². The number of rotatable bonds is 11. The predicted octanol–water partition coefficient (Wildman–Crippen LogP) is 6.79. The normalized spacial score (nSPS) is 15.6. The summed E-state index contributed by atoms with van der Waals surface area (Å²) in [5, 5.41) is 2.42. The second-order valence-electron chi connectivity index (χ2n) is 12.8. The Labute approximate surface area is 228 Å². The molecule has 0 radical (unpaired) electrons. The SMILES string of the molecule is CCOC(=O)[C@H](C)[C@H](O[Si](C)(C)C(C)(C)C)[C@@H](C)CO[Si](c1ccccc1)(c1ccccc1)C(C)(C)C. The lowest BCUT2D eigenvalue weighted by Crippen LogP contribution is -2.67. The molecule has 0 heterocycles. The molecule has 2 aromatic carbocycles. The average Bonchev–Trinajstić information content (AvgIpc) is 2.82. The van der Waals surface area contributed by atoms with Crippen LogP contribution >= 0.6 is 0 Å². The van der Waals surface area contributed by atoms with Gasteiger partial charge in [0.2, 0.25) is 0 Å². The predicted molar refractivity (Wildman–Crippen MR) is 161 cm³/mol. The van der Waals surface area contributed by atoms with Crippen molar-refractivity contribution >= 4 is 33.0 Å². The van der Waals surface area contributed by atoms with Gasteiger partial charge in [-0.3, -0.25) is 4.79 Å². The van der Waals surface area contributed by atoms with E-state index in [9.17, 15) is 4.79 Å². The quantitative estimate of drug-likeness (QED) is 0.232. The average molecular weight is 543 g/mol. The van der Waals surface area contributed by atoms with Crippen LogP contribution in [0, 0.1) is 11.8 Å². The van der Waals surface area contributed by atoms with E-state index in [1.807, 2.05) is 13.8 Å². The van der Waals surface area contributed by atoms with E-state index in [0.717, 1.165) is 0 Å². The van der Waals surface area contributed by atoms with Crippen LogP contribution in [0.3, 0.4) is 0 Å². The molecule has 0 aliphatic carbocycles. The molecule has 0 saturated carbocycles. The summed E-state index contributed by atoms with van der Waals surface area (Å²) in [6.45, 7) is 24.8. The summed E-state index contributed by atoms with van der Waals surface area (Å²) in [6, 6.07) is 21.4. The first-order valence-corrected chi connectivity index (χ1v) is 18.5. The van der Waals surface area contributed by atoms with Crippen LogP contribution in [0.4, 0.5) is 0 Å². The number of hydrogen-bond donors (Lipinski definition) is 0. The van der Waals surface area contributed by atoms with E-state index in [2.05, 4.69) is 122 Å². The molecule has 0 bridgehead atoms. The zero-order chi connectivity index (χ0) is 28.1. The van der Waals surface area contributed by atoms with Crippen molar-refractivity contribution in [3.05, 3.63) is 60.7 Å². The zero-order valence-electron chi connectivity index (χ0n) is 25.1. The van der Waals surface area contributed by atoms with Gasteiger partial charge in [-0.15, -0.1) is 0 Å². The van der Waals surface area contributed by atoms with Gasteiger partial charge in [0.05, 0.1) is 18.6 Å². The fraction of sp³-hybridized carbons (Fsp3) is 0.581. The molecule has 0 unspecified atom stereocenters. The highest BCUT2D eigenvalue weighted by molar-refractivity contribution is 6.99. The van der Waals surface area contributed by atoms with Crippen LogP contribution in [0.1, 0.15) is 62.3 Å². The van der Waals surface area contributed by atoms with Gasteiger partial charge in [0.1, 0.15) is 0 Å². The molecular formula is C31H50O4Si2. The maximum absolute atomic E-state index is 12.9. The molecule has 206 valence electrons. The molecule has 0 fully saturated rings. The van der Waals surface area contributed by atoms with Gasteiger partial charge < -0.3 is 13.6 Å². The molecule has 0 saturated heterocycles. The fourth-order valence-corrected chi connectivity index (χ4v) is 10.9. The topological polar surface area (TPSA) is 44.8 Å². The fourth-order valence-electron chi connectivity index (χ4n) is 4.75. The standard InChI is InChI=1S/C31H50O4Si2/c1-12-33-29(32)25(3)28(35-36(10,11)30(4,5)6)24(2)23-34-37(31(7,8)9,26-19-15-13-16-20-26)27-21-17-14-18-22-27/h13-22,24-25,28H,12,23H2,1-11H3/t24-,25+,28+/m0/s1. The van der Waals surface area contributed by atoms with Gasteiger partial charge in [-0.1, -0.05) is 109 Å². The number of carbonyl (C=O) groups is 1. The van der Waals surface area contributed by atoms with Gasteiger partial charge >= 0.3 is 5.97 Å². The molecule has 37 heavy (non-hydrogen) atoms. The lowest BCUT2D eigenvalue weighted by Gasteiger charge is -2.45. The minimum atomic E-state index is -2.69. The molecule has 4 nitrogen and oxygen atoms in total. The Kier molecular flexibility index (Phi) is 10.6. The molecule has 2 aromatic rings. The first-order valence-electron chi connectivity index (χ1n) is 13.7. The van der Waals surface area contributed by atoms with E-state index < -0.39 is 16.6 Å². The van der Waals surface area contributed by atoms with Crippen molar-refractivity contribution in [3.63, 3.8) is 0 Å². The van der Waals surface area contributed by atoms with Crippen molar-refractivity contribution in [2.45, 2.75) is 91.6 Å². The van der Waals surface area contributed by atoms with Crippen LogP contribution in [0.15, 0.2) is 60.7 Å². The van der Waals surface area contributed by atoms with E-state index in [-0.39, 0.29) is 34.0 Å². The summed E-state index contributed by atoms with van der Waals surface area (Å²) in [6.07, 6.45) is -0.293. The van der Waals surface area contributed by atoms with Crippen molar-refractivity contribution in [2.75, 3.05) is 13.2 Å². The molecule has 3 atom stereocenters. The number of ether oxygens (including phenoxy) is 1. The highest BCUT2D eigenvalue weighted by Gasteiger charge is 2.51. The number of carbonyl (C=O) groups excluding carboxylic acids is 1. The number of hydrogen-bond acceptors (Lipinski definition) is 4. The molecule has 2 rings (SSSR count). The molecule has 0 spiro atoms. The highest BCUT2D eigenvalue weighted by Crippen LogP contribution is 2.40. The monoisotopic (exact) mass is 542 g/mol. The van der Waals surface area contributed by atoms with Gasteiger partial charge in [0.15, 0.2) is 8.32 Å². The molecule has 0 aromatic heterocycles. The van der Waals surface area contributed by atoms with Crippen LogP contribution in [0.5, 0.6) is 0 Å². The smallest absolute Gasteiger partial charge is 0.311 e. The molecule has 0 aliphatic rings. The third-order valence-corrected chi connectivity index (χ3v) is 17.4. The Hall–Kier alpha value is -1.74. The van der Waals surface area contributed by atoms with E-state index in [0.29, 0.717) is 13.2 Å². The Bertz CT molecular complexity index is 938. The van der Waals surface area contributed by atoms with Crippen LogP contribution < -0.4 is 10.4 Å². The van der Waals surface area contributed by atoms with Crippen LogP contribution in [-0.4, -0.2) is 41.9 Å². The summed E-state index contributed by atoms with van der Waals surface area (Å²) in [4.78, 5) is 12.9. The van der Waals surface area contributed by atoms with Crippen molar-refractivity contribution in [3.8, 4) is 0 Å². The first-order chi connectivity index (χ1) is 17.1. The summed E-state index contributed by atoms with van der Waals surface area (Å²) in [5.41, 5.74) is 0. The second-order valence-corrected chi connectivity index (χ2v) is 21.9. The Morgan fingerprint density at radius 2 is 1.27 bits per heavy atom. The van der Waals surface area contributed by atoms with Crippen molar-refractivity contribution in [1.29, 1.82) is 0 Å². The lowest BCUT2D eigenvalue weighted by atomic mass is 9.94. The van der Waals surface area contributed by atoms with E-state index in [1.54, 1.807) is 0 Å². The van der Waals surface area contributed by atoms with E-state index in [1.165, 1.54) is 10.4 Å². The van der Waals surface area contributed by atoms with Gasteiger partial charge in [-0.25, -0.2) is 0 Å². The Balaban J connectivity index is 2.52. The van der Waals surface area contributed by atoms with E-state index >= 15 is 0 Å². The first kappa shape index (κ1) is 31.5. The van der Waals surface area contributed by atoms with Gasteiger partial charge in [0.25, 0.3) is 8.32 Å². The van der Waals surface area contributed by atoms with Gasteiger partial charge in [0, 0.05) is 12.5 Å². The number of benzene rings is 2. The van der Waals surface area contributed by atoms with Crippen LogP contribution in [0.2, 0.25) is 23.2 Å². The third kappa shape index (κ3) is 7.22. The zero-order valence-corrected chi connectivity index (χ0v) is 27.1. The molecule has 6 heteroatoms. The van der Waals surface area contributed by atoms with Crippen LogP contribution in [-0.2, 0) is 18.4 Å². The largest absolute Gasteiger partial charge is 0.466 e. The van der Waals surface area contributed by atoms with Gasteiger partial charge in [-0.2, -0.15) is 0 Å². The van der Waals surface area contributed by atoms with E-state index in [4.69, 9.17) is 13.6 Å². The summed E-state index contributed by atoms with van der Waals surface area (Å²) in [5.74, 6) is -0.592. The maximum atomic E-state index is 12.9. The maximum Gasteiger partial charge on any atom is 0.311 e. The third-order valence-electron chi connectivity index (χ3n) is 7.93. The number of esters is 1. The second kappa shape index (κ2) is 12.4. The molecule has 0 amide bonds. The minimum Gasteiger partial charge on any atom is -0.466 e. The molecule has 0 aliphatic heterocycles. The van der Waals surface area contributed by atoms with Crippen molar-refractivity contribution < 1.29 is 18.4 Å². The summed E-state index contributed by atoms with van der Waals surface area (Å²) >= 11 is 0. The molecular weight excluding hydrogens is 493 g/mol. The summed E-state index contributed by atoms with van der Waals surface area (Å²) in [7, 11) is -4.84. The van der Waals surface area contributed by atoms with Crippen molar-refractivity contribution in [1.82, 2.24) is 0 Å². The molecule has 0 N–H and O–H groups in total. The minimum absolute atomic E-state index is 0.00446. The lowest BCUT2D eigenvalue weighted by molar-refractivity contribution is -0.152. The Morgan fingerprint density at radius 1 is 0.811 bits per heavy atom. The van der Waals surface area contributed by atoms with Crippen molar-refractivity contribution in [2.24, 2.45) is 11.8 Å². The highest BCUT2D eigenvalue weighted by atomic mass is 28.4. The Morgan fingerprint density at radius 3 is 1.65 bits per heavy atom. The summed E-state index contributed by atoms with van der Waals surface area (Å²) < 4.78 is 19.6.